The Hall–Kier alpha value is -2.71. The number of carboxylic acids is 1. The maximum Gasteiger partial charge on any atom is 0.306 e. The predicted molar refractivity (Wildman–Crippen MR) is 277 cm³/mol. The van der Waals surface area contributed by atoms with E-state index in [1.807, 2.05) is 0 Å². The van der Waals surface area contributed by atoms with Gasteiger partial charge in [-0.15, -0.1) is 0 Å². The second-order valence-electron chi connectivity index (χ2n) is 19.8. The van der Waals surface area contributed by atoms with Gasteiger partial charge in [0.2, 0.25) is 0 Å². The van der Waals surface area contributed by atoms with Crippen molar-refractivity contribution < 1.29 is 38.2 Å². The molecule has 384 valence electrons. The van der Waals surface area contributed by atoms with E-state index in [-0.39, 0.29) is 42.7 Å². The van der Waals surface area contributed by atoms with Gasteiger partial charge in [0.05, 0.1) is 40.3 Å². The van der Waals surface area contributed by atoms with Gasteiger partial charge in [-0.25, -0.2) is 0 Å². The Morgan fingerprint density at radius 3 is 1.29 bits per heavy atom. The Kier molecular flexibility index (Phi) is 46.7. The number of aliphatic carboxylic acids is 1. The first-order valence-corrected chi connectivity index (χ1v) is 27.7. The van der Waals surface area contributed by atoms with E-state index in [0.717, 1.165) is 51.4 Å². The van der Waals surface area contributed by atoms with Crippen molar-refractivity contribution in [1.82, 2.24) is 0 Å². The summed E-state index contributed by atoms with van der Waals surface area (Å²) in [6.45, 7) is 4.65. The fourth-order valence-electron chi connectivity index (χ4n) is 8.15. The molecule has 0 rings (SSSR count). The number of hydrogen-bond donors (Lipinski definition) is 0. The van der Waals surface area contributed by atoms with Crippen molar-refractivity contribution in [3.8, 4) is 0 Å². The largest absolute Gasteiger partial charge is 0.544 e. The van der Waals surface area contributed by atoms with Crippen LogP contribution in [0.2, 0.25) is 0 Å². The van der Waals surface area contributed by atoms with E-state index in [0.29, 0.717) is 12.8 Å². The highest BCUT2D eigenvalue weighted by molar-refractivity contribution is 5.70. The third-order valence-corrected chi connectivity index (χ3v) is 12.5. The second kappa shape index (κ2) is 48.7. The molecule has 0 amide bonds. The summed E-state index contributed by atoms with van der Waals surface area (Å²) in [5, 5.41) is 11.7. The average molecular weight is 928 g/mol. The van der Waals surface area contributed by atoms with Crippen molar-refractivity contribution in [1.29, 1.82) is 0 Å². The number of hydrogen-bond acceptors (Lipinski definition) is 7. The summed E-state index contributed by atoms with van der Waals surface area (Å²) in [6, 6.07) is -0.729. The zero-order valence-corrected chi connectivity index (χ0v) is 43.9. The van der Waals surface area contributed by atoms with Crippen molar-refractivity contribution in [3.63, 3.8) is 0 Å². The summed E-state index contributed by atoms with van der Waals surface area (Å²) in [7, 11) is 5.42. The van der Waals surface area contributed by atoms with Crippen molar-refractivity contribution in [2.45, 2.75) is 264 Å². The smallest absolute Gasteiger partial charge is 0.306 e. The molecule has 0 aromatic rings. The minimum Gasteiger partial charge on any atom is -0.544 e. The zero-order chi connectivity index (χ0) is 48.4. The molecule has 2 atom stereocenters. The molecular formula is C58H105NO7. The fourth-order valence-corrected chi connectivity index (χ4v) is 8.15. The summed E-state index contributed by atoms with van der Waals surface area (Å²) in [5.74, 6) is -1.74. The lowest BCUT2D eigenvalue weighted by Gasteiger charge is -2.34. The van der Waals surface area contributed by atoms with E-state index in [1.54, 1.807) is 21.1 Å². The van der Waals surface area contributed by atoms with E-state index >= 15 is 0 Å². The van der Waals surface area contributed by atoms with Crippen LogP contribution in [-0.2, 0) is 28.6 Å². The number of likely N-dealkylation sites (N-methyl/N-ethyl adjacent to an activating group) is 1. The first-order valence-electron chi connectivity index (χ1n) is 27.7. The molecular weight excluding hydrogens is 823 g/mol. The van der Waals surface area contributed by atoms with E-state index in [1.165, 1.54) is 167 Å². The molecule has 0 aliphatic heterocycles. The van der Waals surface area contributed by atoms with Gasteiger partial charge in [0.15, 0.2) is 6.10 Å². The van der Waals surface area contributed by atoms with E-state index in [9.17, 15) is 19.5 Å². The number of quaternary nitrogens is 1. The second-order valence-corrected chi connectivity index (χ2v) is 19.8. The summed E-state index contributed by atoms with van der Waals surface area (Å²) < 4.78 is 17.3. The highest BCUT2D eigenvalue weighted by atomic mass is 16.6. The van der Waals surface area contributed by atoms with Crippen LogP contribution in [0.5, 0.6) is 0 Å². The lowest BCUT2D eigenvalue weighted by Crippen LogP contribution is -2.55. The fraction of sp³-hybridized carbons (Fsp3) is 0.810. The molecule has 0 aliphatic carbocycles. The van der Waals surface area contributed by atoms with Gasteiger partial charge in [-0.1, -0.05) is 210 Å². The van der Waals surface area contributed by atoms with Gasteiger partial charge in [-0.2, -0.15) is 0 Å². The molecule has 0 saturated carbocycles. The van der Waals surface area contributed by atoms with Crippen molar-refractivity contribution in [3.05, 3.63) is 48.6 Å². The molecule has 0 radical (unpaired) electrons. The van der Waals surface area contributed by atoms with E-state index in [4.69, 9.17) is 14.2 Å². The van der Waals surface area contributed by atoms with Crippen LogP contribution < -0.4 is 5.11 Å². The zero-order valence-electron chi connectivity index (χ0n) is 43.9. The molecule has 0 aromatic heterocycles. The van der Waals surface area contributed by atoms with E-state index in [2.05, 4.69) is 62.5 Å². The first-order chi connectivity index (χ1) is 32.1. The first kappa shape index (κ1) is 63.3. The predicted octanol–water partition coefficient (Wildman–Crippen LogP) is 15.0. The lowest BCUT2D eigenvalue weighted by molar-refractivity contribution is -0.889. The third-order valence-electron chi connectivity index (χ3n) is 12.5. The highest BCUT2D eigenvalue weighted by Gasteiger charge is 2.25. The number of esters is 2. The monoisotopic (exact) mass is 928 g/mol. The Labute approximate surface area is 407 Å². The van der Waals surface area contributed by atoms with Gasteiger partial charge >= 0.3 is 11.9 Å². The van der Waals surface area contributed by atoms with Crippen LogP contribution in [0.3, 0.4) is 0 Å². The quantitative estimate of drug-likeness (QED) is 0.0197. The van der Waals surface area contributed by atoms with Crippen LogP contribution in [0.25, 0.3) is 0 Å². The number of unbranched alkanes of at least 4 members (excludes halogenated alkanes) is 29. The summed E-state index contributed by atoms with van der Waals surface area (Å²) in [6.07, 6.45) is 60.0. The Morgan fingerprint density at radius 2 is 0.848 bits per heavy atom. The van der Waals surface area contributed by atoms with Crippen LogP contribution >= 0.6 is 0 Å². The van der Waals surface area contributed by atoms with Crippen molar-refractivity contribution in [2.75, 3.05) is 41.0 Å². The lowest BCUT2D eigenvalue weighted by atomic mass is 10.1. The number of rotatable bonds is 50. The Morgan fingerprint density at radius 1 is 0.470 bits per heavy atom. The molecule has 0 heterocycles. The van der Waals surface area contributed by atoms with Gasteiger partial charge < -0.3 is 28.6 Å². The molecule has 2 unspecified atom stereocenters. The molecule has 8 nitrogen and oxygen atoms in total. The van der Waals surface area contributed by atoms with Gasteiger partial charge in [0.1, 0.15) is 12.6 Å². The standard InChI is InChI=1S/C58H105NO7/c1-6-8-10-12-14-16-18-20-22-24-26-27-28-29-31-33-35-37-39-41-43-45-47-49-57(61)66-54(52-64-51-50-55(58(62)63)59(3,4)5)53-65-56(60)48-46-44-42-40-38-36-34-32-30-25-23-21-19-17-15-13-11-9-7-2/h15,17,19,21,26-27,29,31,54-55H,6-14,16,18,20,22-25,28,30,32-53H2,1-5H3/b17-15+,21-19+,27-26+,31-29+. The van der Waals surface area contributed by atoms with Gasteiger partial charge in [0.25, 0.3) is 0 Å². The molecule has 8 heteroatoms. The Bertz CT molecular complexity index is 1220. The minimum atomic E-state index is -1.13. The molecule has 66 heavy (non-hydrogen) atoms. The minimum absolute atomic E-state index is 0.0368. The molecule has 0 aliphatic rings. The summed E-state index contributed by atoms with van der Waals surface area (Å²) in [4.78, 5) is 37.1. The van der Waals surface area contributed by atoms with Crippen molar-refractivity contribution >= 4 is 17.9 Å². The average Bonchev–Trinajstić information content (AvgIpc) is 3.28. The molecule has 0 N–H and O–H groups in total. The van der Waals surface area contributed by atoms with Crippen LogP contribution in [0.4, 0.5) is 0 Å². The highest BCUT2D eigenvalue weighted by Crippen LogP contribution is 2.15. The summed E-state index contributed by atoms with van der Waals surface area (Å²) >= 11 is 0. The number of carbonyl (C=O) groups is 3. The molecule has 0 fully saturated rings. The topological polar surface area (TPSA) is 102 Å². The Balaban J connectivity index is 4.22. The number of ether oxygens (including phenoxy) is 3. The molecule has 0 spiro atoms. The van der Waals surface area contributed by atoms with Crippen LogP contribution in [-0.4, -0.2) is 75.5 Å². The number of carbonyl (C=O) groups excluding carboxylic acids is 3. The van der Waals surface area contributed by atoms with Crippen molar-refractivity contribution in [2.24, 2.45) is 0 Å². The third kappa shape index (κ3) is 46.4. The van der Waals surface area contributed by atoms with Gasteiger partial charge in [-0.3, -0.25) is 9.59 Å². The normalized spacial score (nSPS) is 13.2. The van der Waals surface area contributed by atoms with Crippen LogP contribution in [0, 0.1) is 0 Å². The molecule has 0 bridgehead atoms. The van der Waals surface area contributed by atoms with Crippen LogP contribution in [0.15, 0.2) is 48.6 Å². The maximum absolute atomic E-state index is 12.8. The van der Waals surface area contributed by atoms with Crippen LogP contribution in [0.1, 0.15) is 251 Å². The maximum atomic E-state index is 12.8. The SMILES string of the molecule is CCCCC/C=C/C=C/CCCCCCCCCCCCC(=O)OCC(COCCC(C(=O)[O-])[N+](C)(C)C)OC(=O)CCCCCCCCC/C=C/C/C=C/CCCCCCCCCCC. The van der Waals surface area contributed by atoms with E-state index < -0.39 is 18.1 Å². The van der Waals surface area contributed by atoms with Gasteiger partial charge in [0, 0.05) is 19.3 Å². The summed E-state index contributed by atoms with van der Waals surface area (Å²) in [5.41, 5.74) is 0. The van der Waals surface area contributed by atoms with Gasteiger partial charge in [-0.05, 0) is 70.6 Å². The number of carboxylic acid groups (broad SMARTS) is 1. The number of allylic oxidation sites excluding steroid dienone is 8. The molecule has 0 aromatic carbocycles. The molecule has 0 saturated heterocycles. The number of nitrogens with zero attached hydrogens (tertiary/aromatic N) is 1.